The Hall–Kier alpha value is -4.18. The zero-order valence-corrected chi connectivity index (χ0v) is 19.7. The van der Waals surface area contributed by atoms with Crippen LogP contribution in [-0.4, -0.2) is 66.5 Å². The van der Waals surface area contributed by atoms with E-state index in [-0.39, 0.29) is 48.7 Å². The van der Waals surface area contributed by atoms with Crippen LogP contribution in [0.1, 0.15) is 31.9 Å². The Morgan fingerprint density at radius 3 is 2.47 bits per heavy atom. The van der Waals surface area contributed by atoms with Crippen molar-refractivity contribution in [1.29, 1.82) is 5.26 Å². The average Bonchev–Trinajstić information content (AvgIpc) is 3.36. The van der Waals surface area contributed by atoms with Gasteiger partial charge in [-0.05, 0) is 38.8 Å². The van der Waals surface area contributed by atoms with E-state index in [0.29, 0.717) is 16.6 Å². The second-order valence-corrected chi connectivity index (χ2v) is 9.69. The summed E-state index contributed by atoms with van der Waals surface area (Å²) in [6.45, 7) is 5.89. The summed E-state index contributed by atoms with van der Waals surface area (Å²) >= 11 is 0. The number of amides is 5. The number of nitrogens with one attached hydrogen (secondary N) is 2. The highest BCUT2D eigenvalue weighted by Crippen LogP contribution is 2.50. The van der Waals surface area contributed by atoms with Gasteiger partial charge in [0.25, 0.3) is 0 Å². The smallest absolute Gasteiger partial charge is 0.416 e. The monoisotopic (exact) mass is 494 g/mol. The molecule has 4 aliphatic heterocycles. The van der Waals surface area contributed by atoms with E-state index >= 15 is 0 Å². The minimum atomic E-state index is -1.70. The van der Waals surface area contributed by atoms with Crippen molar-refractivity contribution in [3.8, 4) is 6.07 Å². The summed E-state index contributed by atoms with van der Waals surface area (Å²) in [4.78, 5) is 54.2. The van der Waals surface area contributed by atoms with Crippen LogP contribution in [0.25, 0.3) is 11.0 Å². The predicted octanol–water partition coefficient (Wildman–Crippen LogP) is 0.935. The summed E-state index contributed by atoms with van der Waals surface area (Å²) in [6.07, 6.45) is -1.91. The molecule has 3 fully saturated rings. The largest absolute Gasteiger partial charge is 0.444 e. The second-order valence-electron chi connectivity index (χ2n) is 9.69. The molecule has 186 valence electrons. The van der Waals surface area contributed by atoms with Crippen LogP contribution in [0.5, 0.6) is 0 Å². The molecule has 1 aromatic heterocycles. The summed E-state index contributed by atoms with van der Waals surface area (Å²) in [7, 11) is 0. The van der Waals surface area contributed by atoms with Crippen molar-refractivity contribution in [2.24, 2.45) is 5.41 Å². The van der Waals surface area contributed by atoms with Crippen molar-refractivity contribution in [2.75, 3.05) is 22.9 Å². The van der Waals surface area contributed by atoms with E-state index in [1.54, 1.807) is 19.9 Å². The van der Waals surface area contributed by atoms with Crippen molar-refractivity contribution in [1.82, 2.24) is 15.8 Å². The number of fused-ring (bicyclic) bond motifs is 5. The van der Waals surface area contributed by atoms with Gasteiger partial charge in [0.15, 0.2) is 16.8 Å². The zero-order valence-electron chi connectivity index (χ0n) is 19.7. The lowest BCUT2D eigenvalue weighted by Crippen LogP contribution is -2.75. The van der Waals surface area contributed by atoms with Gasteiger partial charge < -0.3 is 18.9 Å². The Balaban J connectivity index is 1.60. The number of cyclic esters (lactones) is 1. The number of hydrogen-bond donors (Lipinski definition) is 2. The first-order chi connectivity index (χ1) is 17.1. The molecular formula is C23H22N6O7. The number of carbonyl (C=O) groups excluding carboxylic acids is 4. The number of imide groups is 2. The number of nitriles is 1. The molecule has 0 saturated carbocycles. The molecule has 13 nitrogen and oxygen atoms in total. The summed E-state index contributed by atoms with van der Waals surface area (Å²) in [6, 6.07) is 2.20. The fraction of sp³-hybridized carbons (Fsp3) is 0.478. The molecule has 2 N–H and O–H groups in total. The van der Waals surface area contributed by atoms with Gasteiger partial charge in [0, 0.05) is 6.54 Å². The first-order valence-corrected chi connectivity index (χ1v) is 11.6. The third-order valence-corrected chi connectivity index (χ3v) is 7.33. The van der Waals surface area contributed by atoms with E-state index in [4.69, 9.17) is 14.0 Å². The lowest BCUT2D eigenvalue weighted by molar-refractivity contribution is -0.153. The minimum absolute atomic E-state index is 0.105. The van der Waals surface area contributed by atoms with Crippen LogP contribution in [0, 0.1) is 16.7 Å². The van der Waals surface area contributed by atoms with Gasteiger partial charge in [0.1, 0.15) is 17.7 Å². The molecule has 5 amide bonds. The van der Waals surface area contributed by atoms with Crippen molar-refractivity contribution in [3.63, 3.8) is 0 Å². The molecule has 6 rings (SSSR count). The number of rotatable bonds is 1. The molecule has 4 atom stereocenters. The van der Waals surface area contributed by atoms with Crippen molar-refractivity contribution in [3.05, 3.63) is 17.2 Å². The quantitative estimate of drug-likeness (QED) is 0.544. The Morgan fingerprint density at radius 2 is 1.83 bits per heavy atom. The molecule has 3 saturated heterocycles. The van der Waals surface area contributed by atoms with Gasteiger partial charge >= 0.3 is 12.1 Å². The Bertz CT molecular complexity index is 1390. The molecule has 4 aliphatic rings. The fourth-order valence-electron chi connectivity index (χ4n) is 6.07. The molecule has 5 heterocycles. The fourth-order valence-corrected chi connectivity index (χ4v) is 6.07. The topological polar surface area (TPSA) is 167 Å². The maximum atomic E-state index is 13.4. The Labute approximate surface area is 204 Å². The minimum Gasteiger partial charge on any atom is -0.444 e. The number of anilines is 2. The number of carbonyl (C=O) groups is 4. The highest BCUT2D eigenvalue weighted by Gasteiger charge is 2.63. The molecule has 0 radical (unpaired) electrons. The van der Waals surface area contributed by atoms with Crippen molar-refractivity contribution >= 4 is 46.4 Å². The third-order valence-electron chi connectivity index (χ3n) is 7.33. The van der Waals surface area contributed by atoms with Crippen LogP contribution >= 0.6 is 0 Å². The molecule has 0 unspecified atom stereocenters. The summed E-state index contributed by atoms with van der Waals surface area (Å²) in [5.74, 6) is -1.28. The maximum absolute atomic E-state index is 13.4. The lowest BCUT2D eigenvalue weighted by atomic mass is 9.66. The van der Waals surface area contributed by atoms with Gasteiger partial charge in [-0.1, -0.05) is 5.16 Å². The molecule has 1 spiro atoms. The van der Waals surface area contributed by atoms with Gasteiger partial charge in [-0.25, -0.2) is 9.59 Å². The van der Waals surface area contributed by atoms with Crippen LogP contribution in [0.3, 0.4) is 0 Å². The predicted molar refractivity (Wildman–Crippen MR) is 121 cm³/mol. The Kier molecular flexibility index (Phi) is 4.59. The van der Waals surface area contributed by atoms with Gasteiger partial charge in [0.05, 0.1) is 35.9 Å². The van der Waals surface area contributed by atoms with E-state index < -0.39 is 41.5 Å². The number of barbiturate groups is 1. The average molecular weight is 494 g/mol. The zero-order chi connectivity index (χ0) is 25.5. The number of urea groups is 1. The maximum Gasteiger partial charge on any atom is 0.416 e. The van der Waals surface area contributed by atoms with E-state index in [1.807, 2.05) is 11.8 Å². The number of benzene rings is 1. The van der Waals surface area contributed by atoms with Gasteiger partial charge in [-0.3, -0.25) is 25.1 Å². The highest BCUT2D eigenvalue weighted by atomic mass is 16.6. The summed E-state index contributed by atoms with van der Waals surface area (Å²) in [5.41, 5.74) is -0.302. The second kappa shape index (κ2) is 7.41. The van der Waals surface area contributed by atoms with Crippen LogP contribution in [0.4, 0.5) is 21.1 Å². The van der Waals surface area contributed by atoms with E-state index in [2.05, 4.69) is 21.9 Å². The van der Waals surface area contributed by atoms with Gasteiger partial charge in [-0.2, -0.15) is 5.26 Å². The van der Waals surface area contributed by atoms with Crippen molar-refractivity contribution in [2.45, 2.75) is 51.5 Å². The SMILES string of the molecule is C[C@@H]1CN(c2noc3c(C#N)c4c(cc23)CC2(C(=O)NC(=O)NC2=O)[C@H]2[C@H](C)O[C@H](C)CN42)C(=O)O1. The number of ether oxygens (including phenoxy) is 2. The van der Waals surface area contributed by atoms with Crippen molar-refractivity contribution < 1.29 is 33.2 Å². The van der Waals surface area contributed by atoms with E-state index in [0.717, 1.165) is 0 Å². The first-order valence-electron chi connectivity index (χ1n) is 11.6. The van der Waals surface area contributed by atoms with E-state index in [9.17, 15) is 24.4 Å². The molecule has 0 aliphatic carbocycles. The molecule has 36 heavy (non-hydrogen) atoms. The highest BCUT2D eigenvalue weighted by molar-refractivity contribution is 6.20. The lowest BCUT2D eigenvalue weighted by Gasteiger charge is -2.55. The van der Waals surface area contributed by atoms with Crippen LogP contribution in [0.15, 0.2) is 10.6 Å². The number of morpholine rings is 1. The van der Waals surface area contributed by atoms with Crippen LogP contribution < -0.4 is 20.4 Å². The summed E-state index contributed by atoms with van der Waals surface area (Å²) < 4.78 is 16.8. The summed E-state index contributed by atoms with van der Waals surface area (Å²) in [5, 5.41) is 19.1. The van der Waals surface area contributed by atoms with E-state index in [1.165, 1.54) is 4.90 Å². The standard InChI is InChI=1S/C23H22N6O7/c1-9-7-28-15-12(5-23(17(28)11(3)34-9)19(30)25-21(32)26-20(23)31)4-13-16(14(15)6-24)36-27-18(13)29-8-10(2)35-22(29)33/h4,9-11,17H,5,7-8H2,1-3H3,(H2,25,26,30,31,32)/t9-,10-,11+,17-/m1/s1. The van der Waals surface area contributed by atoms with Gasteiger partial charge in [-0.15, -0.1) is 0 Å². The van der Waals surface area contributed by atoms with Gasteiger partial charge in [0.2, 0.25) is 11.8 Å². The molecular weight excluding hydrogens is 472 g/mol. The Morgan fingerprint density at radius 1 is 1.11 bits per heavy atom. The number of hydrogen-bond acceptors (Lipinski definition) is 10. The number of nitrogens with zero attached hydrogens (tertiary/aromatic N) is 4. The third kappa shape index (κ3) is 2.81. The molecule has 13 heteroatoms. The van der Waals surface area contributed by atoms with Crippen LogP contribution in [0.2, 0.25) is 0 Å². The molecule has 1 aromatic carbocycles. The normalized spacial score (nSPS) is 28.9. The molecule has 0 bridgehead atoms. The molecule has 2 aromatic rings. The number of aromatic nitrogens is 1. The van der Waals surface area contributed by atoms with Crippen LogP contribution in [-0.2, 0) is 25.5 Å². The first kappa shape index (κ1) is 22.3.